The topological polar surface area (TPSA) is 86.8 Å². The minimum absolute atomic E-state index is 0.00227. The number of unbranched alkanes of at least 4 members (excludes halogenated alkanes) is 1. The predicted octanol–water partition coefficient (Wildman–Crippen LogP) is 5.63. The SMILES string of the molecule is CCCCNC(=O)[C@H](C)N(Cc1cccc(Br)c1)C(=O)CN(c1ccccc1)S(=O)(=O)c1ccc(Cl)cc1. The molecule has 3 rings (SSSR count). The van der Waals surface area contributed by atoms with Crippen LogP contribution in [-0.4, -0.2) is 44.3 Å². The van der Waals surface area contributed by atoms with Gasteiger partial charge in [0.05, 0.1) is 10.6 Å². The fourth-order valence-corrected chi connectivity index (χ4v) is 5.79. The summed E-state index contributed by atoms with van der Waals surface area (Å²) in [6.07, 6.45) is 1.74. The zero-order valence-electron chi connectivity index (χ0n) is 21.3. The highest BCUT2D eigenvalue weighted by Gasteiger charge is 2.32. The molecule has 0 aliphatic carbocycles. The number of hydrogen-bond acceptors (Lipinski definition) is 4. The van der Waals surface area contributed by atoms with E-state index >= 15 is 0 Å². The van der Waals surface area contributed by atoms with E-state index in [9.17, 15) is 18.0 Å². The van der Waals surface area contributed by atoms with E-state index in [1.54, 1.807) is 37.3 Å². The molecule has 0 saturated heterocycles. The monoisotopic (exact) mass is 619 g/mol. The third-order valence-corrected chi connectivity index (χ3v) is 8.50. The molecule has 1 N–H and O–H groups in total. The van der Waals surface area contributed by atoms with Gasteiger partial charge in [-0.3, -0.25) is 13.9 Å². The fourth-order valence-electron chi connectivity index (χ4n) is 3.81. The lowest BCUT2D eigenvalue weighted by molar-refractivity contribution is -0.139. The van der Waals surface area contributed by atoms with Crippen LogP contribution in [-0.2, 0) is 26.2 Å². The largest absolute Gasteiger partial charge is 0.354 e. The van der Waals surface area contributed by atoms with E-state index in [-0.39, 0.29) is 17.3 Å². The Balaban J connectivity index is 1.97. The van der Waals surface area contributed by atoms with Crippen LogP contribution in [0.1, 0.15) is 32.3 Å². The number of carbonyl (C=O) groups is 2. The third kappa shape index (κ3) is 7.82. The van der Waals surface area contributed by atoms with E-state index in [1.165, 1.54) is 29.2 Å². The summed E-state index contributed by atoms with van der Waals surface area (Å²) in [6, 6.07) is 20.8. The molecule has 10 heteroatoms. The smallest absolute Gasteiger partial charge is 0.264 e. The maximum absolute atomic E-state index is 13.8. The number of rotatable bonds is 12. The molecule has 3 aromatic carbocycles. The predicted molar refractivity (Wildman–Crippen MR) is 154 cm³/mol. The molecular formula is C28H31BrClN3O4S. The van der Waals surface area contributed by atoms with Gasteiger partial charge in [0.1, 0.15) is 12.6 Å². The van der Waals surface area contributed by atoms with Gasteiger partial charge < -0.3 is 10.2 Å². The number of hydrogen-bond donors (Lipinski definition) is 1. The second-order valence-corrected chi connectivity index (χ2v) is 12.0. The normalized spacial score (nSPS) is 12.0. The van der Waals surface area contributed by atoms with Crippen molar-refractivity contribution in [2.75, 3.05) is 17.4 Å². The molecule has 1 atom stereocenters. The first kappa shape index (κ1) is 29.7. The standard InChI is InChI=1S/C28H31BrClN3O4S/c1-3-4-17-31-28(35)21(2)32(19-22-9-8-10-23(29)18-22)27(34)20-33(25-11-6-5-7-12-25)38(36,37)26-15-13-24(30)14-16-26/h5-16,18,21H,3-4,17,19-20H2,1-2H3,(H,31,35)/t21-/m0/s1. The van der Waals surface area contributed by atoms with Gasteiger partial charge in [-0.25, -0.2) is 8.42 Å². The zero-order chi connectivity index (χ0) is 27.7. The zero-order valence-corrected chi connectivity index (χ0v) is 24.5. The molecule has 3 aromatic rings. The van der Waals surface area contributed by atoms with Crippen LogP contribution in [0.2, 0.25) is 5.02 Å². The summed E-state index contributed by atoms with van der Waals surface area (Å²) in [4.78, 5) is 28.2. The second-order valence-electron chi connectivity index (χ2n) is 8.77. The number of amides is 2. The average Bonchev–Trinajstić information content (AvgIpc) is 2.90. The molecule has 0 aromatic heterocycles. The molecule has 0 fully saturated rings. The van der Waals surface area contributed by atoms with Crippen LogP contribution in [0, 0.1) is 0 Å². The number of nitrogens with one attached hydrogen (secondary N) is 1. The first-order valence-corrected chi connectivity index (χ1v) is 14.9. The van der Waals surface area contributed by atoms with Gasteiger partial charge in [-0.15, -0.1) is 0 Å². The Kier molecular flexibility index (Phi) is 10.8. The van der Waals surface area contributed by atoms with Gasteiger partial charge in [0.2, 0.25) is 11.8 Å². The number of nitrogens with zero attached hydrogens (tertiary/aromatic N) is 2. The van der Waals surface area contributed by atoms with Crippen molar-refractivity contribution in [2.24, 2.45) is 0 Å². The quantitative estimate of drug-likeness (QED) is 0.266. The highest BCUT2D eigenvalue weighted by Crippen LogP contribution is 2.25. The van der Waals surface area contributed by atoms with Gasteiger partial charge in [-0.1, -0.05) is 71.2 Å². The molecule has 0 aliphatic heterocycles. The highest BCUT2D eigenvalue weighted by atomic mass is 79.9. The maximum atomic E-state index is 13.8. The Hall–Kier alpha value is -2.88. The van der Waals surface area contributed by atoms with Crippen LogP contribution in [0.25, 0.3) is 0 Å². The van der Waals surface area contributed by atoms with Crippen molar-refractivity contribution in [3.63, 3.8) is 0 Å². The molecule has 0 heterocycles. The highest BCUT2D eigenvalue weighted by molar-refractivity contribution is 9.10. The molecule has 0 saturated carbocycles. The summed E-state index contributed by atoms with van der Waals surface area (Å²) in [5, 5.41) is 3.27. The summed E-state index contributed by atoms with van der Waals surface area (Å²) in [5.41, 5.74) is 1.13. The summed E-state index contributed by atoms with van der Waals surface area (Å²) in [6.45, 7) is 3.81. The molecule has 0 unspecified atom stereocenters. The Morgan fingerprint density at radius 3 is 2.32 bits per heavy atom. The summed E-state index contributed by atoms with van der Waals surface area (Å²) < 4.78 is 29.3. The van der Waals surface area contributed by atoms with Gasteiger partial charge in [0.25, 0.3) is 10.0 Å². The minimum Gasteiger partial charge on any atom is -0.354 e. The van der Waals surface area contributed by atoms with Crippen molar-refractivity contribution in [1.82, 2.24) is 10.2 Å². The third-order valence-electron chi connectivity index (χ3n) is 5.96. The molecule has 0 aliphatic rings. The van der Waals surface area contributed by atoms with E-state index in [0.29, 0.717) is 17.3 Å². The molecule has 0 radical (unpaired) electrons. The second kappa shape index (κ2) is 13.8. The van der Waals surface area contributed by atoms with Crippen molar-refractivity contribution in [2.45, 2.75) is 44.2 Å². The number of para-hydroxylation sites is 1. The number of carbonyl (C=O) groups excluding carboxylic acids is 2. The van der Waals surface area contributed by atoms with E-state index in [2.05, 4.69) is 21.2 Å². The Labute approximate surface area is 238 Å². The van der Waals surface area contributed by atoms with Crippen LogP contribution in [0.3, 0.4) is 0 Å². The summed E-state index contributed by atoms with van der Waals surface area (Å²) in [5.74, 6) is -0.807. The first-order valence-electron chi connectivity index (χ1n) is 12.3. The number of halogens is 2. The molecule has 38 heavy (non-hydrogen) atoms. The van der Waals surface area contributed by atoms with Crippen LogP contribution in [0.4, 0.5) is 5.69 Å². The van der Waals surface area contributed by atoms with Crippen molar-refractivity contribution in [1.29, 1.82) is 0 Å². The fraction of sp³-hybridized carbons (Fsp3) is 0.286. The van der Waals surface area contributed by atoms with Crippen molar-refractivity contribution >= 4 is 55.1 Å². The average molecular weight is 621 g/mol. The molecule has 7 nitrogen and oxygen atoms in total. The van der Waals surface area contributed by atoms with Crippen LogP contribution < -0.4 is 9.62 Å². The van der Waals surface area contributed by atoms with Crippen molar-refractivity contribution < 1.29 is 18.0 Å². The molecule has 2 amide bonds. The number of anilines is 1. The van der Waals surface area contributed by atoms with E-state index < -0.39 is 28.5 Å². The van der Waals surface area contributed by atoms with Crippen molar-refractivity contribution in [3.05, 3.63) is 93.9 Å². The lowest BCUT2D eigenvalue weighted by atomic mass is 10.1. The Morgan fingerprint density at radius 2 is 1.68 bits per heavy atom. The lowest BCUT2D eigenvalue weighted by Gasteiger charge is -2.32. The van der Waals surface area contributed by atoms with Crippen molar-refractivity contribution in [3.8, 4) is 0 Å². The lowest BCUT2D eigenvalue weighted by Crippen LogP contribution is -2.51. The Bertz CT molecular complexity index is 1340. The summed E-state index contributed by atoms with van der Waals surface area (Å²) in [7, 11) is -4.12. The van der Waals surface area contributed by atoms with E-state index in [1.807, 2.05) is 31.2 Å². The van der Waals surface area contributed by atoms with Gasteiger partial charge in [-0.05, 0) is 67.4 Å². The molecular weight excluding hydrogens is 590 g/mol. The van der Waals surface area contributed by atoms with E-state index in [4.69, 9.17) is 11.6 Å². The minimum atomic E-state index is -4.12. The van der Waals surface area contributed by atoms with Gasteiger partial charge in [0, 0.05) is 22.6 Å². The van der Waals surface area contributed by atoms with Gasteiger partial charge in [-0.2, -0.15) is 0 Å². The van der Waals surface area contributed by atoms with Crippen LogP contribution >= 0.6 is 27.5 Å². The molecule has 202 valence electrons. The maximum Gasteiger partial charge on any atom is 0.264 e. The molecule has 0 bridgehead atoms. The Morgan fingerprint density at radius 1 is 1.00 bits per heavy atom. The van der Waals surface area contributed by atoms with E-state index in [0.717, 1.165) is 27.2 Å². The molecule has 0 spiro atoms. The van der Waals surface area contributed by atoms with Crippen LogP contribution in [0.15, 0.2) is 88.2 Å². The summed E-state index contributed by atoms with van der Waals surface area (Å²) >= 11 is 9.42. The first-order chi connectivity index (χ1) is 18.1. The van der Waals surface area contributed by atoms with Crippen LogP contribution in [0.5, 0.6) is 0 Å². The number of benzene rings is 3. The number of sulfonamides is 1. The van der Waals surface area contributed by atoms with Gasteiger partial charge in [0.15, 0.2) is 0 Å². The van der Waals surface area contributed by atoms with Gasteiger partial charge >= 0.3 is 0 Å².